The lowest BCUT2D eigenvalue weighted by molar-refractivity contribution is -0.114. The number of rotatable bonds is 11. The zero-order valence-corrected chi connectivity index (χ0v) is 23.6. The number of carbonyl (C=O) groups excluding carboxylic acids is 1. The van der Waals surface area contributed by atoms with Crippen LogP contribution in [0.3, 0.4) is 0 Å². The summed E-state index contributed by atoms with van der Waals surface area (Å²) in [5.41, 5.74) is 3.14. The third kappa shape index (κ3) is 6.25. The largest absolute Gasteiger partial charge is 0.490 e. The number of carbonyl (C=O) groups is 1. The fourth-order valence-electron chi connectivity index (χ4n) is 4.14. The van der Waals surface area contributed by atoms with Gasteiger partial charge in [-0.3, -0.25) is 4.79 Å². The van der Waals surface area contributed by atoms with Crippen LogP contribution in [0.4, 0.5) is 5.95 Å². The number of halogens is 2. The van der Waals surface area contributed by atoms with Crippen molar-refractivity contribution in [3.05, 3.63) is 68.8 Å². The number of hydrogen-bond donors (Lipinski definition) is 1. The van der Waals surface area contributed by atoms with E-state index in [1.54, 1.807) is 35.5 Å². The quantitative estimate of drug-likeness (QED) is 0.194. The summed E-state index contributed by atoms with van der Waals surface area (Å²) in [7, 11) is 0. The smallest absolute Gasteiger partial charge is 0.227 e. The summed E-state index contributed by atoms with van der Waals surface area (Å²) in [5.74, 6) is 2.69. The van der Waals surface area contributed by atoms with Crippen molar-refractivity contribution in [3.63, 3.8) is 0 Å². The van der Waals surface area contributed by atoms with Crippen molar-refractivity contribution in [2.24, 2.45) is 0 Å². The maximum Gasteiger partial charge on any atom is 0.227 e. The number of Topliss-reactive ketones (excluding diaryl/α,β-unsaturated/α-hetero) is 1. The number of benzene rings is 2. The molecule has 7 nitrogen and oxygen atoms in total. The Morgan fingerprint density at radius 1 is 1.11 bits per heavy atom. The average Bonchev–Trinajstić information content (AvgIpc) is 3.26. The number of unbranched alkanes of at least 4 members (excludes halogenated alkanes) is 1. The van der Waals surface area contributed by atoms with Gasteiger partial charge in [-0.05, 0) is 62.6 Å². The van der Waals surface area contributed by atoms with Gasteiger partial charge in [0, 0.05) is 17.0 Å². The summed E-state index contributed by atoms with van der Waals surface area (Å²) >= 11 is 13.8. The highest BCUT2D eigenvalue weighted by atomic mass is 35.5. The highest BCUT2D eigenvalue weighted by molar-refractivity contribution is 7.99. The van der Waals surface area contributed by atoms with Gasteiger partial charge in [0.2, 0.25) is 11.1 Å². The molecule has 1 unspecified atom stereocenters. The lowest BCUT2D eigenvalue weighted by Crippen LogP contribution is -2.27. The van der Waals surface area contributed by atoms with E-state index in [-0.39, 0.29) is 5.78 Å². The van der Waals surface area contributed by atoms with Gasteiger partial charge in [-0.2, -0.15) is 4.98 Å². The molecule has 0 amide bonds. The molecule has 0 fully saturated rings. The fraction of sp³-hybridized carbons (Fsp3) is 0.370. The van der Waals surface area contributed by atoms with Gasteiger partial charge in [-0.15, -0.1) is 5.10 Å². The highest BCUT2D eigenvalue weighted by Gasteiger charge is 2.33. The Hall–Kier alpha value is -2.68. The van der Waals surface area contributed by atoms with Gasteiger partial charge < -0.3 is 14.8 Å². The number of aromatic nitrogens is 3. The van der Waals surface area contributed by atoms with Crippen molar-refractivity contribution in [2.75, 3.05) is 17.7 Å². The first-order chi connectivity index (χ1) is 17.8. The monoisotopic (exact) mass is 560 g/mol. The van der Waals surface area contributed by atoms with E-state index in [9.17, 15) is 4.79 Å². The predicted octanol–water partition coefficient (Wildman–Crippen LogP) is 7.33. The summed E-state index contributed by atoms with van der Waals surface area (Å²) in [6.45, 7) is 8.30. The molecule has 1 aromatic heterocycles. The molecular formula is C27H30Cl2N4O3S. The Balaban J connectivity index is 1.67. The molecule has 0 saturated carbocycles. The number of fused-ring (bicyclic) bond motifs is 1. The van der Waals surface area contributed by atoms with Crippen LogP contribution in [0.5, 0.6) is 11.5 Å². The molecule has 4 rings (SSSR count). The van der Waals surface area contributed by atoms with Crippen LogP contribution in [0.15, 0.2) is 52.8 Å². The van der Waals surface area contributed by atoms with Gasteiger partial charge >= 0.3 is 0 Å². The molecular weight excluding hydrogens is 531 g/mol. The Morgan fingerprint density at radius 3 is 2.62 bits per heavy atom. The molecule has 37 heavy (non-hydrogen) atoms. The van der Waals surface area contributed by atoms with Crippen molar-refractivity contribution < 1.29 is 14.3 Å². The Labute approximate surface area is 231 Å². The minimum atomic E-state index is -0.440. The van der Waals surface area contributed by atoms with Crippen LogP contribution in [0.25, 0.3) is 0 Å². The summed E-state index contributed by atoms with van der Waals surface area (Å²) < 4.78 is 13.8. The van der Waals surface area contributed by atoms with Gasteiger partial charge in [0.15, 0.2) is 17.3 Å². The van der Waals surface area contributed by atoms with Gasteiger partial charge in [-0.1, -0.05) is 60.4 Å². The Morgan fingerprint density at radius 2 is 1.92 bits per heavy atom. The molecule has 1 N–H and O–H groups in total. The summed E-state index contributed by atoms with van der Waals surface area (Å²) in [6, 6.07) is 10.7. The van der Waals surface area contributed by atoms with E-state index in [1.165, 1.54) is 0 Å². The number of ketones is 1. The summed E-state index contributed by atoms with van der Waals surface area (Å²) in [4.78, 5) is 17.4. The number of ether oxygens (including phenoxy) is 2. The molecule has 0 aliphatic carbocycles. The molecule has 196 valence electrons. The van der Waals surface area contributed by atoms with E-state index in [4.69, 9.17) is 37.8 Å². The van der Waals surface area contributed by atoms with E-state index in [0.717, 1.165) is 35.4 Å². The van der Waals surface area contributed by atoms with E-state index in [1.807, 2.05) is 38.1 Å². The third-order valence-corrected chi connectivity index (χ3v) is 7.57. The maximum absolute atomic E-state index is 12.8. The second kappa shape index (κ2) is 12.2. The lowest BCUT2D eigenvalue weighted by Gasteiger charge is -2.28. The van der Waals surface area contributed by atoms with Crippen LogP contribution in [-0.2, 0) is 11.4 Å². The first-order valence-electron chi connectivity index (χ1n) is 12.2. The number of anilines is 1. The summed E-state index contributed by atoms with van der Waals surface area (Å²) in [6.07, 6.45) is 2.19. The topological polar surface area (TPSA) is 78.3 Å². The average molecular weight is 562 g/mol. The highest BCUT2D eigenvalue weighted by Crippen LogP contribution is 2.40. The molecule has 1 aliphatic rings. The molecule has 1 aliphatic heterocycles. The molecule has 3 aromatic rings. The Kier molecular flexibility index (Phi) is 9.05. The van der Waals surface area contributed by atoms with Crippen molar-refractivity contribution in [1.29, 1.82) is 0 Å². The van der Waals surface area contributed by atoms with Crippen molar-refractivity contribution in [3.8, 4) is 11.5 Å². The van der Waals surface area contributed by atoms with Crippen LogP contribution in [0.1, 0.15) is 57.7 Å². The van der Waals surface area contributed by atoms with Gasteiger partial charge in [0.1, 0.15) is 12.6 Å². The third-order valence-electron chi connectivity index (χ3n) is 5.90. The van der Waals surface area contributed by atoms with E-state index >= 15 is 0 Å². The van der Waals surface area contributed by atoms with Crippen LogP contribution in [-0.4, -0.2) is 32.9 Å². The number of nitrogens with zero attached hydrogens (tertiary/aromatic N) is 3. The second-order valence-corrected chi connectivity index (χ2v) is 10.5. The first kappa shape index (κ1) is 27.4. The Bertz CT molecular complexity index is 1320. The zero-order chi connectivity index (χ0) is 26.5. The number of thioether (sulfide) groups is 1. The van der Waals surface area contributed by atoms with Crippen molar-refractivity contribution in [1.82, 2.24) is 14.8 Å². The number of hydrogen-bond acceptors (Lipinski definition) is 7. The molecule has 2 heterocycles. The minimum Gasteiger partial charge on any atom is -0.490 e. The molecule has 2 aromatic carbocycles. The van der Waals surface area contributed by atoms with E-state index in [0.29, 0.717) is 51.4 Å². The number of allylic oxidation sites excluding steroid dienone is 2. The van der Waals surface area contributed by atoms with Crippen molar-refractivity contribution >= 4 is 46.7 Å². The molecule has 0 bridgehead atoms. The SMILES string of the molecule is CCCCSc1nc2n(n1)C(c1ccc(OCc3ccc(Cl)c(Cl)c3)c(OCC)c1)C(C(C)=O)=C(C)N2. The second-order valence-electron chi connectivity index (χ2n) is 8.66. The fourth-order valence-corrected chi connectivity index (χ4v) is 5.37. The number of nitrogens with one attached hydrogen (secondary N) is 1. The molecule has 0 spiro atoms. The van der Waals surface area contributed by atoms with Crippen LogP contribution in [0, 0.1) is 0 Å². The first-order valence-corrected chi connectivity index (χ1v) is 14.0. The minimum absolute atomic E-state index is 0.0331. The zero-order valence-electron chi connectivity index (χ0n) is 21.3. The van der Waals surface area contributed by atoms with Crippen LogP contribution < -0.4 is 14.8 Å². The summed E-state index contributed by atoms with van der Waals surface area (Å²) in [5, 5.41) is 9.68. The van der Waals surface area contributed by atoms with E-state index < -0.39 is 6.04 Å². The van der Waals surface area contributed by atoms with Crippen molar-refractivity contribution in [2.45, 2.75) is 58.3 Å². The van der Waals surface area contributed by atoms with E-state index in [2.05, 4.69) is 17.2 Å². The normalized spacial score (nSPS) is 14.8. The molecule has 0 radical (unpaired) electrons. The molecule has 0 saturated heterocycles. The molecule has 10 heteroatoms. The predicted molar refractivity (Wildman–Crippen MR) is 149 cm³/mol. The van der Waals surface area contributed by atoms with Gasteiger partial charge in [-0.25, -0.2) is 4.68 Å². The maximum atomic E-state index is 12.8. The lowest BCUT2D eigenvalue weighted by atomic mass is 9.93. The molecule has 1 atom stereocenters. The van der Waals surface area contributed by atoms with Crippen LogP contribution in [0.2, 0.25) is 10.0 Å². The van der Waals surface area contributed by atoms with Gasteiger partial charge in [0.25, 0.3) is 0 Å². The van der Waals surface area contributed by atoms with Crippen LogP contribution >= 0.6 is 35.0 Å². The standard InChI is InChI=1S/C27H30Cl2N4O3S/c1-5-7-12-37-27-31-26-30-16(3)24(17(4)34)25(33(26)32-27)19-9-11-22(23(14-19)35-6-2)36-15-18-8-10-20(28)21(29)13-18/h8-11,13-14,25H,5-7,12,15H2,1-4H3,(H,30,31,32). The van der Waals surface area contributed by atoms with Gasteiger partial charge in [0.05, 0.1) is 16.7 Å².